The summed E-state index contributed by atoms with van der Waals surface area (Å²) >= 11 is 6.04. The zero-order valence-electron chi connectivity index (χ0n) is 47.6. The van der Waals surface area contributed by atoms with Crippen molar-refractivity contribution >= 4 is 61.4 Å². The van der Waals surface area contributed by atoms with Crippen LogP contribution in [0.2, 0.25) is 19.6 Å². The lowest BCUT2D eigenvalue weighted by Crippen LogP contribution is -2.82. The molecule has 20 heteroatoms. The number of methoxy groups -OCH3 is 1. The fraction of sp³-hybridized carbons (Fsp3) is 0.468. The number of esters is 5. The summed E-state index contributed by atoms with van der Waals surface area (Å²) < 4.78 is 56.3. The van der Waals surface area contributed by atoms with E-state index < -0.39 is 139 Å². The van der Waals surface area contributed by atoms with Crippen LogP contribution in [0.3, 0.4) is 0 Å². The summed E-state index contributed by atoms with van der Waals surface area (Å²) in [5.74, 6) is -7.28. The molecule has 0 aromatic heterocycles. The van der Waals surface area contributed by atoms with Crippen LogP contribution in [-0.2, 0) is 61.9 Å². The van der Waals surface area contributed by atoms with Gasteiger partial charge in [0.2, 0.25) is 0 Å². The van der Waals surface area contributed by atoms with E-state index in [4.69, 9.17) is 54.2 Å². The lowest BCUT2D eigenvalue weighted by molar-refractivity contribution is -0.346. The van der Waals surface area contributed by atoms with Gasteiger partial charge in [0, 0.05) is 43.2 Å². The van der Waals surface area contributed by atoms with Crippen molar-refractivity contribution in [1.82, 2.24) is 4.90 Å². The van der Waals surface area contributed by atoms with Crippen LogP contribution < -0.4 is 4.74 Å². The van der Waals surface area contributed by atoms with Gasteiger partial charge in [-0.3, -0.25) is 24.1 Å². The number of hydrogen-bond acceptors (Lipinski definition) is 17. The number of nitrogens with zero attached hydrogens (tertiary/aromatic N) is 1. The van der Waals surface area contributed by atoms with Crippen LogP contribution in [0.1, 0.15) is 99.2 Å². The van der Waals surface area contributed by atoms with E-state index in [2.05, 4.69) is 19.6 Å². The minimum atomic E-state index is -2.48. The standard InChI is InChI=1S/C62H70ClNO17Si/c1-35-43(77-57(70)51-49(39-22-16-12-17-23-39)64(55(79-51)40-26-28-42(73-7)29-27-40)58(71)74-33-44(82(8,9)10)38-20-14-11-15-21-38)31-62(72)54(80-56(69)41-24-18-13-19-25-41)52-60(6,53(68)50(76-36(2)65)48(35)59(62,4)5)45(78-47(67)32-63)30-46-61(52,34-75-46)81-37(3)66/h11-29,43-46,49-52,54-55,72H,30-34H2,1-10H3/t43-,44?,45-,46+,49?,50?,51?,52?,54-,55?,60+,61-,62+/m0/s1. The Hall–Kier alpha value is -6.90. The molecule has 6 unspecified atom stereocenters. The molecular weight excluding hydrogens is 1090 g/mol. The van der Waals surface area contributed by atoms with Gasteiger partial charge in [-0.25, -0.2) is 14.4 Å². The number of Topliss-reactive ketones (excluding diaryl/α,β-unsaturated/α-hetero) is 1. The predicted octanol–water partition coefficient (Wildman–Crippen LogP) is 8.94. The summed E-state index contributed by atoms with van der Waals surface area (Å²) in [7, 11) is -0.546. The maximum absolute atomic E-state index is 16.3. The Bertz CT molecular complexity index is 3120. The average Bonchev–Trinajstić information content (AvgIpc) is 1.26. The van der Waals surface area contributed by atoms with Gasteiger partial charge in [-0.15, -0.1) is 11.6 Å². The number of halogens is 1. The second-order valence-corrected chi connectivity index (χ2v) is 29.3. The van der Waals surface area contributed by atoms with Crippen molar-refractivity contribution in [1.29, 1.82) is 0 Å². The number of fused-ring (bicyclic) bond motifs is 5. The number of carbonyl (C=O) groups is 7. The average molecular weight is 1160 g/mol. The van der Waals surface area contributed by atoms with Crippen molar-refractivity contribution in [2.45, 2.75) is 140 Å². The number of rotatable bonds is 15. The van der Waals surface area contributed by atoms with E-state index in [1.54, 1.807) is 93.6 Å². The highest BCUT2D eigenvalue weighted by Crippen LogP contribution is 2.65. The van der Waals surface area contributed by atoms with Crippen LogP contribution in [0.4, 0.5) is 4.79 Å². The Morgan fingerprint density at radius 2 is 1.43 bits per heavy atom. The highest BCUT2D eigenvalue weighted by atomic mass is 35.5. The molecule has 0 radical (unpaired) electrons. The monoisotopic (exact) mass is 1160 g/mol. The summed E-state index contributed by atoms with van der Waals surface area (Å²) in [5, 5.41) is 14.3. The van der Waals surface area contributed by atoms with Gasteiger partial charge in [0.25, 0.3) is 0 Å². The molecule has 2 saturated heterocycles. The Balaban J connectivity index is 1.20. The second kappa shape index (κ2) is 23.0. The van der Waals surface area contributed by atoms with Crippen LogP contribution in [0, 0.1) is 16.7 Å². The Kier molecular flexibility index (Phi) is 16.8. The first-order valence-electron chi connectivity index (χ1n) is 27.3. The van der Waals surface area contributed by atoms with Crippen LogP contribution in [0.5, 0.6) is 5.75 Å². The molecule has 13 atom stereocenters. The molecule has 18 nitrogen and oxygen atoms in total. The zero-order valence-corrected chi connectivity index (χ0v) is 49.3. The Labute approximate surface area is 482 Å². The highest BCUT2D eigenvalue weighted by Gasteiger charge is 2.79. The lowest BCUT2D eigenvalue weighted by Gasteiger charge is -2.67. The van der Waals surface area contributed by atoms with E-state index in [1.807, 2.05) is 30.3 Å². The second-order valence-electron chi connectivity index (χ2n) is 23.6. The third kappa shape index (κ3) is 10.6. The number of hydrogen-bond donors (Lipinski definition) is 1. The Morgan fingerprint density at radius 3 is 1.99 bits per heavy atom. The van der Waals surface area contributed by atoms with Crippen molar-refractivity contribution in [3.05, 3.63) is 149 Å². The normalized spacial score (nSPS) is 30.4. The van der Waals surface area contributed by atoms with E-state index in [1.165, 1.54) is 31.1 Å². The summed E-state index contributed by atoms with van der Waals surface area (Å²) in [6.45, 7) is 14.6. The van der Waals surface area contributed by atoms with Gasteiger partial charge in [-0.1, -0.05) is 124 Å². The predicted molar refractivity (Wildman–Crippen MR) is 299 cm³/mol. The fourth-order valence-electron chi connectivity index (χ4n) is 13.3. The van der Waals surface area contributed by atoms with Gasteiger partial charge in [0.05, 0.1) is 45.3 Å². The maximum Gasteiger partial charge on any atom is 0.412 e. The van der Waals surface area contributed by atoms with Gasteiger partial charge in [-0.05, 0) is 60.4 Å². The summed E-state index contributed by atoms with van der Waals surface area (Å²) in [5.41, 5.74) is -6.18. The van der Waals surface area contributed by atoms with Crippen LogP contribution >= 0.6 is 11.6 Å². The van der Waals surface area contributed by atoms with E-state index in [9.17, 15) is 24.3 Å². The minimum Gasteiger partial charge on any atom is -0.497 e. The number of amides is 1. The third-order valence-electron chi connectivity index (χ3n) is 17.5. The molecule has 82 heavy (non-hydrogen) atoms. The summed E-state index contributed by atoms with van der Waals surface area (Å²) in [4.78, 5) is 103. The first-order chi connectivity index (χ1) is 38.8. The molecule has 2 heterocycles. The topological polar surface area (TPSA) is 226 Å². The smallest absolute Gasteiger partial charge is 0.412 e. The Morgan fingerprint density at radius 1 is 0.805 bits per heavy atom. The van der Waals surface area contributed by atoms with Crippen LogP contribution in [-0.4, -0.2) is 134 Å². The summed E-state index contributed by atoms with van der Waals surface area (Å²) in [6.07, 6.45) is -12.4. The van der Waals surface area contributed by atoms with Gasteiger partial charge in [0.1, 0.15) is 47.7 Å². The molecule has 3 aliphatic carbocycles. The lowest BCUT2D eigenvalue weighted by atomic mass is 9.44. The molecule has 4 aromatic rings. The third-order valence-corrected chi connectivity index (χ3v) is 20.3. The van der Waals surface area contributed by atoms with E-state index in [0.717, 1.165) is 19.4 Å². The molecule has 2 bridgehead atoms. The molecule has 1 amide bonds. The first-order valence-corrected chi connectivity index (χ1v) is 31.5. The number of ether oxygens (including phenoxy) is 9. The molecule has 436 valence electrons. The van der Waals surface area contributed by atoms with Crippen molar-refractivity contribution < 1.29 is 81.3 Å². The van der Waals surface area contributed by atoms with E-state index in [0.29, 0.717) is 16.9 Å². The molecule has 4 fully saturated rings. The number of aliphatic hydroxyl groups is 1. The first kappa shape index (κ1) is 59.7. The van der Waals surface area contributed by atoms with E-state index >= 15 is 14.4 Å². The maximum atomic E-state index is 16.3. The van der Waals surface area contributed by atoms with Gasteiger partial charge in [0.15, 0.2) is 29.8 Å². The minimum absolute atomic E-state index is 0.0146. The molecule has 5 aliphatic rings. The molecule has 0 spiro atoms. The van der Waals surface area contributed by atoms with Crippen molar-refractivity contribution in [2.75, 3.05) is 26.2 Å². The SMILES string of the molecule is COc1ccc(C2OC(C(=O)O[C@H]3C[C@@]4(O)[C@@H](OC(=O)c5ccccc5)C5[C@](C)(C(=O)C(OC(C)=O)C(=C3C)C4(C)C)[C@@H](OC(=O)CCl)C[C@H]3OC[C@@]53OC(C)=O)C(c3ccccc3)N2C(=O)OCC(c2ccccc2)[Si](C)(C)C)cc1. The van der Waals surface area contributed by atoms with E-state index in [-0.39, 0.29) is 41.9 Å². The van der Waals surface area contributed by atoms with Gasteiger partial charge >= 0.3 is 35.9 Å². The molecule has 2 saturated carbocycles. The number of benzene rings is 4. The summed E-state index contributed by atoms with van der Waals surface area (Å²) in [6, 6.07) is 32.1. The number of carbonyl (C=O) groups excluding carboxylic acids is 7. The van der Waals surface area contributed by atoms with Crippen molar-refractivity contribution in [3.63, 3.8) is 0 Å². The quantitative estimate of drug-likeness (QED) is 0.0385. The number of ketones is 1. The van der Waals surface area contributed by atoms with Crippen molar-refractivity contribution in [2.24, 2.45) is 16.7 Å². The van der Waals surface area contributed by atoms with Crippen LogP contribution in [0.15, 0.2) is 126 Å². The van der Waals surface area contributed by atoms with Crippen molar-refractivity contribution in [3.8, 4) is 5.75 Å². The molecular formula is C62H70ClNO17Si. The molecule has 1 N–H and O–H groups in total. The van der Waals surface area contributed by atoms with Gasteiger partial charge in [-0.2, -0.15) is 0 Å². The van der Waals surface area contributed by atoms with Gasteiger partial charge < -0.3 is 47.7 Å². The van der Waals surface area contributed by atoms with Crippen LogP contribution in [0.25, 0.3) is 0 Å². The highest BCUT2D eigenvalue weighted by molar-refractivity contribution is 6.77. The zero-order chi connectivity index (χ0) is 59.3. The number of alkyl halides is 1. The molecule has 9 rings (SSSR count). The fourth-order valence-corrected chi connectivity index (χ4v) is 15.1. The molecule has 4 aromatic carbocycles. The largest absolute Gasteiger partial charge is 0.497 e. The molecule has 2 aliphatic heterocycles.